The fraction of sp³-hybridized carbons (Fsp3) is 0.167. The van der Waals surface area contributed by atoms with Crippen molar-refractivity contribution in [2.45, 2.75) is 6.92 Å². The average molecular weight is 277 g/mol. The first kappa shape index (κ1) is 11.9. The molecule has 0 aliphatic heterocycles. The zero-order chi connectivity index (χ0) is 13.4. The van der Waals surface area contributed by atoms with Crippen LogP contribution in [0.4, 0.5) is 0 Å². The maximum absolute atomic E-state index is 11.6. The molecule has 7 heteroatoms. The SMILES string of the molecule is CCOC(=O)c1nc2c3ccccc3nc(Cl)n2n1. The van der Waals surface area contributed by atoms with Gasteiger partial charge in [0.2, 0.25) is 5.28 Å². The zero-order valence-electron chi connectivity index (χ0n) is 10.00. The summed E-state index contributed by atoms with van der Waals surface area (Å²) in [5, 5.41) is 4.94. The second-order valence-corrected chi connectivity index (χ2v) is 4.13. The molecule has 6 nitrogen and oxygen atoms in total. The largest absolute Gasteiger partial charge is 0.460 e. The Morgan fingerprint density at radius 3 is 2.95 bits per heavy atom. The molecule has 0 aliphatic rings. The second-order valence-electron chi connectivity index (χ2n) is 3.79. The molecule has 0 atom stereocenters. The van der Waals surface area contributed by atoms with Crippen molar-refractivity contribution in [3.63, 3.8) is 0 Å². The number of carbonyl (C=O) groups excluding carboxylic acids is 1. The Labute approximate surface area is 113 Å². The second kappa shape index (κ2) is 4.47. The lowest BCUT2D eigenvalue weighted by Gasteiger charge is -1.99. The van der Waals surface area contributed by atoms with Crippen LogP contribution < -0.4 is 0 Å². The summed E-state index contributed by atoms with van der Waals surface area (Å²) in [7, 11) is 0. The van der Waals surface area contributed by atoms with Gasteiger partial charge in [-0.2, -0.15) is 4.52 Å². The maximum Gasteiger partial charge on any atom is 0.378 e. The van der Waals surface area contributed by atoms with Crippen molar-refractivity contribution in [2.24, 2.45) is 0 Å². The number of esters is 1. The average Bonchev–Trinajstić information content (AvgIpc) is 2.85. The molecule has 2 aromatic heterocycles. The number of aromatic nitrogens is 4. The number of hydrogen-bond acceptors (Lipinski definition) is 5. The molecule has 0 N–H and O–H groups in total. The van der Waals surface area contributed by atoms with Gasteiger partial charge in [-0.25, -0.2) is 14.8 Å². The monoisotopic (exact) mass is 276 g/mol. The number of halogens is 1. The normalized spacial score (nSPS) is 11.1. The van der Waals surface area contributed by atoms with Crippen LogP contribution in [-0.2, 0) is 4.74 Å². The van der Waals surface area contributed by atoms with Gasteiger partial charge in [0.25, 0.3) is 5.82 Å². The van der Waals surface area contributed by atoms with Crippen molar-refractivity contribution < 1.29 is 9.53 Å². The summed E-state index contributed by atoms with van der Waals surface area (Å²) in [5.41, 5.74) is 1.18. The molecule has 0 bridgehead atoms. The molecule has 3 aromatic rings. The van der Waals surface area contributed by atoms with Gasteiger partial charge in [-0.3, -0.25) is 0 Å². The third-order valence-corrected chi connectivity index (χ3v) is 2.84. The van der Waals surface area contributed by atoms with E-state index < -0.39 is 5.97 Å². The Bertz CT molecular complexity index is 784. The van der Waals surface area contributed by atoms with Gasteiger partial charge < -0.3 is 4.74 Å². The van der Waals surface area contributed by atoms with Gasteiger partial charge in [0.1, 0.15) is 0 Å². The summed E-state index contributed by atoms with van der Waals surface area (Å²) in [4.78, 5) is 20.0. The summed E-state index contributed by atoms with van der Waals surface area (Å²) < 4.78 is 6.20. The van der Waals surface area contributed by atoms with Crippen LogP contribution in [0, 0.1) is 0 Å². The number of hydrogen-bond donors (Lipinski definition) is 0. The molecular formula is C12H9ClN4O2. The standard InChI is InChI=1S/C12H9ClN4O2/c1-2-19-11(18)9-15-10-7-5-3-4-6-8(7)14-12(13)17(10)16-9/h3-6H,2H2,1H3. The van der Waals surface area contributed by atoms with Gasteiger partial charge >= 0.3 is 5.97 Å². The molecule has 96 valence electrons. The van der Waals surface area contributed by atoms with Gasteiger partial charge in [-0.05, 0) is 30.7 Å². The quantitative estimate of drug-likeness (QED) is 0.530. The van der Waals surface area contributed by atoms with E-state index in [1.165, 1.54) is 4.52 Å². The minimum Gasteiger partial charge on any atom is -0.460 e. The summed E-state index contributed by atoms with van der Waals surface area (Å²) >= 11 is 6.03. The Morgan fingerprint density at radius 2 is 2.16 bits per heavy atom. The molecule has 3 rings (SSSR count). The van der Waals surface area contributed by atoms with Crippen molar-refractivity contribution >= 4 is 34.1 Å². The number of ether oxygens (including phenoxy) is 1. The van der Waals surface area contributed by atoms with Crippen LogP contribution in [-0.4, -0.2) is 32.2 Å². The van der Waals surface area contributed by atoms with E-state index in [1.807, 2.05) is 24.3 Å². The van der Waals surface area contributed by atoms with E-state index in [1.54, 1.807) is 6.92 Å². The lowest BCUT2D eigenvalue weighted by Crippen LogP contribution is -2.07. The third kappa shape index (κ3) is 1.90. The van der Waals surface area contributed by atoms with E-state index >= 15 is 0 Å². The van der Waals surface area contributed by atoms with Crippen molar-refractivity contribution in [1.29, 1.82) is 0 Å². The Hall–Kier alpha value is -2.21. The minimum atomic E-state index is -0.577. The molecular weight excluding hydrogens is 268 g/mol. The summed E-state index contributed by atoms with van der Waals surface area (Å²) in [5.74, 6) is -0.603. The summed E-state index contributed by atoms with van der Waals surface area (Å²) in [6, 6.07) is 7.37. The van der Waals surface area contributed by atoms with E-state index in [0.29, 0.717) is 11.2 Å². The Balaban J connectivity index is 2.29. The molecule has 19 heavy (non-hydrogen) atoms. The lowest BCUT2D eigenvalue weighted by atomic mass is 10.2. The van der Waals surface area contributed by atoms with Crippen LogP contribution in [0.15, 0.2) is 24.3 Å². The summed E-state index contributed by atoms with van der Waals surface area (Å²) in [6.07, 6.45) is 0. The zero-order valence-corrected chi connectivity index (χ0v) is 10.8. The smallest absolute Gasteiger partial charge is 0.378 e. The van der Waals surface area contributed by atoms with Gasteiger partial charge in [0.15, 0.2) is 5.65 Å². The molecule has 2 heterocycles. The molecule has 0 amide bonds. The first-order chi connectivity index (χ1) is 9.20. The molecule has 0 radical (unpaired) electrons. The van der Waals surface area contributed by atoms with Crippen LogP contribution in [0.3, 0.4) is 0 Å². The van der Waals surface area contributed by atoms with Gasteiger partial charge in [0.05, 0.1) is 12.1 Å². The third-order valence-electron chi connectivity index (χ3n) is 2.60. The highest BCUT2D eigenvalue weighted by Gasteiger charge is 2.17. The maximum atomic E-state index is 11.6. The Kier molecular flexibility index (Phi) is 2.79. The van der Waals surface area contributed by atoms with Crippen molar-refractivity contribution in [3.05, 3.63) is 35.4 Å². The molecule has 0 spiro atoms. The molecule has 0 aliphatic carbocycles. The Morgan fingerprint density at radius 1 is 1.37 bits per heavy atom. The highest BCUT2D eigenvalue weighted by atomic mass is 35.5. The summed E-state index contributed by atoms with van der Waals surface area (Å²) in [6.45, 7) is 1.98. The minimum absolute atomic E-state index is 0.0260. The van der Waals surface area contributed by atoms with E-state index in [4.69, 9.17) is 16.3 Å². The topological polar surface area (TPSA) is 69.4 Å². The molecule has 0 fully saturated rings. The van der Waals surface area contributed by atoms with E-state index in [9.17, 15) is 4.79 Å². The van der Waals surface area contributed by atoms with Crippen LogP contribution in [0.2, 0.25) is 5.28 Å². The van der Waals surface area contributed by atoms with Crippen LogP contribution >= 0.6 is 11.6 Å². The number of nitrogens with zero attached hydrogens (tertiary/aromatic N) is 4. The first-order valence-corrected chi connectivity index (χ1v) is 6.06. The number of benzene rings is 1. The molecule has 0 saturated carbocycles. The van der Waals surface area contributed by atoms with Crippen LogP contribution in [0.5, 0.6) is 0 Å². The lowest BCUT2D eigenvalue weighted by molar-refractivity contribution is 0.0512. The fourth-order valence-electron chi connectivity index (χ4n) is 1.80. The van der Waals surface area contributed by atoms with Crippen molar-refractivity contribution in [3.8, 4) is 0 Å². The van der Waals surface area contributed by atoms with Gasteiger partial charge in [-0.1, -0.05) is 12.1 Å². The molecule has 1 aromatic carbocycles. The number of fused-ring (bicyclic) bond motifs is 3. The van der Waals surface area contributed by atoms with Gasteiger partial charge in [-0.15, -0.1) is 5.10 Å². The molecule has 0 saturated heterocycles. The number of para-hydroxylation sites is 1. The van der Waals surface area contributed by atoms with Crippen molar-refractivity contribution in [2.75, 3.05) is 6.61 Å². The number of rotatable bonds is 2. The number of carbonyl (C=O) groups is 1. The fourth-order valence-corrected chi connectivity index (χ4v) is 2.01. The van der Waals surface area contributed by atoms with E-state index in [2.05, 4.69) is 15.1 Å². The predicted molar refractivity (Wildman–Crippen MR) is 69.3 cm³/mol. The first-order valence-electron chi connectivity index (χ1n) is 5.69. The van der Waals surface area contributed by atoms with Crippen molar-refractivity contribution in [1.82, 2.24) is 19.6 Å². The van der Waals surface area contributed by atoms with E-state index in [0.717, 1.165) is 5.39 Å². The van der Waals surface area contributed by atoms with Crippen LogP contribution in [0.1, 0.15) is 17.5 Å². The molecule has 0 unspecified atom stereocenters. The van der Waals surface area contributed by atoms with E-state index in [-0.39, 0.29) is 17.7 Å². The predicted octanol–water partition coefficient (Wildman–Crippen LogP) is 2.11. The highest BCUT2D eigenvalue weighted by Crippen LogP contribution is 2.20. The highest BCUT2D eigenvalue weighted by molar-refractivity contribution is 6.29. The van der Waals surface area contributed by atoms with Gasteiger partial charge in [0, 0.05) is 5.39 Å². The van der Waals surface area contributed by atoms with Crippen LogP contribution in [0.25, 0.3) is 16.6 Å².